The highest BCUT2D eigenvalue weighted by atomic mass is 35.5. The number of hydrogen-bond donors (Lipinski definition) is 0. The molecule has 1 aliphatic rings. The molecule has 0 aliphatic heterocycles. The summed E-state index contributed by atoms with van der Waals surface area (Å²) in [5.41, 5.74) is 0.215. The van der Waals surface area contributed by atoms with Crippen molar-refractivity contribution in [2.45, 2.75) is 44.7 Å². The number of carbonyl (C=O) groups excluding carboxylic acids is 1. The summed E-state index contributed by atoms with van der Waals surface area (Å²) in [6.45, 7) is 1.58. The molecule has 8 heteroatoms. The standard InChI is InChI=1S/C16H22Cl2N2O3S/c1-11(16(21)19(2)13-6-4-5-7-13)20(24(3,22)23)15-10-12(17)8-9-14(15)18/h8-11,13H,4-7H2,1-3H3/t11-/m1/s1. The van der Waals surface area contributed by atoms with E-state index in [-0.39, 0.29) is 22.7 Å². The van der Waals surface area contributed by atoms with Crippen LogP contribution in [0.2, 0.25) is 10.0 Å². The first-order chi connectivity index (χ1) is 11.1. The molecule has 1 fully saturated rings. The molecule has 0 bridgehead atoms. The second kappa shape index (κ2) is 7.50. The fourth-order valence-electron chi connectivity index (χ4n) is 3.20. The monoisotopic (exact) mass is 392 g/mol. The van der Waals surface area contributed by atoms with Gasteiger partial charge in [0.1, 0.15) is 6.04 Å². The van der Waals surface area contributed by atoms with Crippen LogP contribution < -0.4 is 4.31 Å². The van der Waals surface area contributed by atoms with Crippen molar-refractivity contribution in [1.82, 2.24) is 4.90 Å². The van der Waals surface area contributed by atoms with Gasteiger partial charge in [-0.3, -0.25) is 9.10 Å². The van der Waals surface area contributed by atoms with Crippen molar-refractivity contribution in [3.63, 3.8) is 0 Å². The average molecular weight is 393 g/mol. The van der Waals surface area contributed by atoms with Crippen LogP contribution in [0.1, 0.15) is 32.6 Å². The molecule has 0 spiro atoms. The summed E-state index contributed by atoms with van der Waals surface area (Å²) in [6, 6.07) is 3.82. The molecule has 0 aromatic heterocycles. The summed E-state index contributed by atoms with van der Waals surface area (Å²) in [7, 11) is -1.98. The number of carbonyl (C=O) groups is 1. The van der Waals surface area contributed by atoms with Crippen molar-refractivity contribution in [2.24, 2.45) is 0 Å². The van der Waals surface area contributed by atoms with Gasteiger partial charge in [-0.1, -0.05) is 36.0 Å². The SMILES string of the molecule is C[C@H](C(=O)N(C)C1CCCC1)N(c1cc(Cl)ccc1Cl)S(C)(=O)=O. The Labute approximate surface area is 153 Å². The molecule has 0 radical (unpaired) electrons. The normalized spacial score (nSPS) is 16.9. The Hall–Kier alpha value is -0.980. The van der Waals surface area contributed by atoms with Crippen LogP contribution in [0.25, 0.3) is 0 Å². The van der Waals surface area contributed by atoms with E-state index < -0.39 is 16.1 Å². The summed E-state index contributed by atoms with van der Waals surface area (Å²) < 4.78 is 25.7. The zero-order valence-electron chi connectivity index (χ0n) is 14.0. The number of anilines is 1. The van der Waals surface area contributed by atoms with Crippen molar-refractivity contribution < 1.29 is 13.2 Å². The number of hydrogen-bond acceptors (Lipinski definition) is 3. The molecule has 2 rings (SSSR count). The van der Waals surface area contributed by atoms with E-state index in [0.717, 1.165) is 36.2 Å². The van der Waals surface area contributed by atoms with Gasteiger partial charge in [0, 0.05) is 18.1 Å². The van der Waals surface area contributed by atoms with E-state index in [1.54, 1.807) is 24.9 Å². The van der Waals surface area contributed by atoms with Gasteiger partial charge in [-0.2, -0.15) is 0 Å². The number of benzene rings is 1. The Morgan fingerprint density at radius 1 is 1.25 bits per heavy atom. The van der Waals surface area contributed by atoms with E-state index in [2.05, 4.69) is 0 Å². The van der Waals surface area contributed by atoms with E-state index >= 15 is 0 Å². The lowest BCUT2D eigenvalue weighted by atomic mass is 10.2. The van der Waals surface area contributed by atoms with Gasteiger partial charge in [0.15, 0.2) is 0 Å². The molecule has 1 aromatic rings. The van der Waals surface area contributed by atoms with Gasteiger partial charge < -0.3 is 4.90 Å². The molecular formula is C16H22Cl2N2O3S. The van der Waals surface area contributed by atoms with Gasteiger partial charge >= 0.3 is 0 Å². The molecule has 0 heterocycles. The number of nitrogens with zero attached hydrogens (tertiary/aromatic N) is 2. The minimum absolute atomic E-state index is 0.163. The van der Waals surface area contributed by atoms with Gasteiger partial charge in [-0.05, 0) is 38.0 Å². The number of sulfonamides is 1. The van der Waals surface area contributed by atoms with Gasteiger partial charge in [0.05, 0.1) is 17.0 Å². The Kier molecular flexibility index (Phi) is 6.04. The second-order valence-corrected chi connectivity index (χ2v) is 8.92. The zero-order chi connectivity index (χ0) is 18.1. The third kappa shape index (κ3) is 4.16. The molecule has 1 saturated carbocycles. The maximum Gasteiger partial charge on any atom is 0.246 e. The molecule has 5 nitrogen and oxygen atoms in total. The lowest BCUT2D eigenvalue weighted by Gasteiger charge is -2.34. The molecule has 0 N–H and O–H groups in total. The van der Waals surface area contributed by atoms with Crippen LogP contribution in [0.4, 0.5) is 5.69 Å². The van der Waals surface area contributed by atoms with Crippen molar-refractivity contribution in [3.8, 4) is 0 Å². The van der Waals surface area contributed by atoms with Gasteiger partial charge in [-0.25, -0.2) is 8.42 Å². The van der Waals surface area contributed by atoms with Crippen molar-refractivity contribution in [1.29, 1.82) is 0 Å². The Balaban J connectivity index is 2.37. The summed E-state index contributed by atoms with van der Waals surface area (Å²) in [4.78, 5) is 14.5. The average Bonchev–Trinajstić information content (AvgIpc) is 3.02. The van der Waals surface area contributed by atoms with Crippen LogP contribution in [0.5, 0.6) is 0 Å². The highest BCUT2D eigenvalue weighted by Crippen LogP contribution is 2.33. The van der Waals surface area contributed by atoms with E-state index in [1.165, 1.54) is 12.1 Å². The summed E-state index contributed by atoms with van der Waals surface area (Å²) in [5.74, 6) is -0.247. The molecular weight excluding hydrogens is 371 g/mol. The van der Waals surface area contributed by atoms with Gasteiger partial charge in [0.2, 0.25) is 15.9 Å². The van der Waals surface area contributed by atoms with E-state index in [9.17, 15) is 13.2 Å². The predicted octanol–water partition coefficient (Wildman–Crippen LogP) is 3.55. The molecule has 1 aliphatic carbocycles. The summed E-state index contributed by atoms with van der Waals surface area (Å²) >= 11 is 12.1. The van der Waals surface area contributed by atoms with Gasteiger partial charge in [0.25, 0.3) is 0 Å². The smallest absolute Gasteiger partial charge is 0.246 e. The lowest BCUT2D eigenvalue weighted by Crippen LogP contribution is -2.50. The first kappa shape index (κ1) is 19.3. The summed E-state index contributed by atoms with van der Waals surface area (Å²) in [5, 5.41) is 0.583. The van der Waals surface area contributed by atoms with Crippen LogP contribution in [0, 0.1) is 0 Å². The Morgan fingerprint density at radius 3 is 2.38 bits per heavy atom. The first-order valence-corrected chi connectivity index (χ1v) is 10.4. The molecule has 24 heavy (non-hydrogen) atoms. The third-order valence-corrected chi connectivity index (χ3v) is 6.21. The van der Waals surface area contributed by atoms with Crippen molar-refractivity contribution >= 4 is 44.8 Å². The topological polar surface area (TPSA) is 57.7 Å². The first-order valence-electron chi connectivity index (χ1n) is 7.84. The Morgan fingerprint density at radius 2 is 1.83 bits per heavy atom. The van der Waals surface area contributed by atoms with Crippen LogP contribution >= 0.6 is 23.2 Å². The largest absolute Gasteiger partial charge is 0.341 e. The van der Waals surface area contributed by atoms with Crippen molar-refractivity contribution in [3.05, 3.63) is 28.2 Å². The predicted molar refractivity (Wildman–Crippen MR) is 98.3 cm³/mol. The number of likely N-dealkylation sites (N-methyl/N-ethyl adjacent to an activating group) is 1. The fourth-order valence-corrected chi connectivity index (χ4v) is 4.79. The lowest BCUT2D eigenvalue weighted by molar-refractivity contribution is -0.132. The molecule has 1 aromatic carbocycles. The fraction of sp³-hybridized carbons (Fsp3) is 0.562. The van der Waals surface area contributed by atoms with Crippen LogP contribution in [0.3, 0.4) is 0 Å². The number of amides is 1. The zero-order valence-corrected chi connectivity index (χ0v) is 16.3. The Bertz CT molecular complexity index is 718. The van der Waals surface area contributed by atoms with E-state index in [4.69, 9.17) is 23.2 Å². The highest BCUT2D eigenvalue weighted by molar-refractivity contribution is 7.92. The maximum atomic E-state index is 12.8. The van der Waals surface area contributed by atoms with Gasteiger partial charge in [-0.15, -0.1) is 0 Å². The highest BCUT2D eigenvalue weighted by Gasteiger charge is 2.34. The quantitative estimate of drug-likeness (QED) is 0.769. The van der Waals surface area contributed by atoms with E-state index in [0.29, 0.717) is 5.02 Å². The number of rotatable bonds is 5. The minimum Gasteiger partial charge on any atom is -0.341 e. The van der Waals surface area contributed by atoms with Crippen LogP contribution in [0.15, 0.2) is 18.2 Å². The molecule has 0 saturated heterocycles. The molecule has 1 amide bonds. The van der Waals surface area contributed by atoms with Crippen LogP contribution in [-0.4, -0.2) is 44.6 Å². The maximum absolute atomic E-state index is 12.8. The minimum atomic E-state index is -3.72. The molecule has 1 atom stereocenters. The molecule has 134 valence electrons. The third-order valence-electron chi connectivity index (χ3n) is 4.43. The van der Waals surface area contributed by atoms with Crippen molar-refractivity contribution in [2.75, 3.05) is 17.6 Å². The second-order valence-electron chi connectivity index (χ2n) is 6.22. The number of halogens is 2. The summed E-state index contributed by atoms with van der Waals surface area (Å²) in [6.07, 6.45) is 5.14. The van der Waals surface area contributed by atoms with E-state index in [1.807, 2.05) is 0 Å². The van der Waals surface area contributed by atoms with Crippen LogP contribution in [-0.2, 0) is 14.8 Å². The molecule has 0 unspecified atom stereocenters.